The van der Waals surface area contributed by atoms with Crippen LogP contribution in [0.1, 0.15) is 43.4 Å². The van der Waals surface area contributed by atoms with Crippen LogP contribution in [-0.2, 0) is 22.1 Å². The second-order valence-electron chi connectivity index (χ2n) is 5.61. The first-order valence-corrected chi connectivity index (χ1v) is 16.9. The SMILES string of the molecule is C[O-].C[O-].Cc1c(C)c(C)[p]([Zr+2][p]2c(C)c(C)c(C)c2C)c1C. The van der Waals surface area contributed by atoms with E-state index in [1.54, 1.807) is 43.4 Å². The van der Waals surface area contributed by atoms with Crippen LogP contribution >= 0.6 is 9.65 Å². The molecule has 2 nitrogen and oxygen atoms in total. The van der Waals surface area contributed by atoms with E-state index in [-0.39, 0.29) is 31.7 Å². The van der Waals surface area contributed by atoms with Gasteiger partial charge in [-0.25, -0.2) is 0 Å². The molecule has 2 aromatic rings. The fourth-order valence-electron chi connectivity index (χ4n) is 2.66. The van der Waals surface area contributed by atoms with Crippen LogP contribution in [0.15, 0.2) is 0 Å². The minimum absolute atomic E-state index is 0.141. The standard InChI is InChI=1S/2C8H12P.2CH3O.Zr/c2*1-5-6(2)8(4)9-7(5)3;2*1-2;/h2*1-4H3;2*1H3;/q4*-1;+4. The normalized spacial score (nSPS) is 9.57. The molecule has 0 fully saturated rings. The van der Waals surface area contributed by atoms with E-state index in [0.717, 1.165) is 14.2 Å². The molecule has 0 saturated carbocycles. The predicted molar refractivity (Wildman–Crippen MR) is 98.8 cm³/mol. The second-order valence-corrected chi connectivity index (χ2v) is 21.5. The molecule has 0 N–H and O–H groups in total. The topological polar surface area (TPSA) is 46.1 Å². The number of hydrogen-bond acceptors (Lipinski definition) is 2. The van der Waals surface area contributed by atoms with Crippen LogP contribution in [0.3, 0.4) is 0 Å². The van der Waals surface area contributed by atoms with Gasteiger partial charge in [0.15, 0.2) is 0 Å². The zero-order valence-electron chi connectivity index (χ0n) is 16.2. The molecule has 2 rings (SSSR count). The van der Waals surface area contributed by atoms with Crippen LogP contribution in [0.2, 0.25) is 0 Å². The van der Waals surface area contributed by atoms with Gasteiger partial charge in [0.2, 0.25) is 0 Å². The molecule has 128 valence electrons. The Morgan fingerprint density at radius 3 is 0.826 bits per heavy atom. The van der Waals surface area contributed by atoms with Crippen molar-refractivity contribution in [1.82, 2.24) is 0 Å². The molecule has 0 atom stereocenters. The van der Waals surface area contributed by atoms with Crippen molar-refractivity contribution in [1.29, 1.82) is 0 Å². The molecule has 2 heterocycles. The molecule has 0 saturated heterocycles. The molecular formula is C18H30O2P2Zr. The van der Waals surface area contributed by atoms with Crippen LogP contribution in [0.25, 0.3) is 0 Å². The summed E-state index contributed by atoms with van der Waals surface area (Å²) in [5.41, 5.74) is 6.43. The Bertz CT molecular complexity index is 548. The van der Waals surface area contributed by atoms with Gasteiger partial charge in [-0.3, -0.25) is 0 Å². The first kappa shape index (κ1) is 23.4. The van der Waals surface area contributed by atoms with Crippen molar-refractivity contribution in [2.75, 3.05) is 14.2 Å². The van der Waals surface area contributed by atoms with Crippen LogP contribution in [0.4, 0.5) is 0 Å². The summed E-state index contributed by atoms with van der Waals surface area (Å²) >= 11 is -0.379. The van der Waals surface area contributed by atoms with E-state index in [2.05, 4.69) is 55.4 Å². The Morgan fingerprint density at radius 1 is 0.478 bits per heavy atom. The van der Waals surface area contributed by atoms with Gasteiger partial charge in [0.1, 0.15) is 0 Å². The van der Waals surface area contributed by atoms with Crippen molar-refractivity contribution < 1.29 is 32.3 Å². The molecule has 0 aromatic carbocycles. The van der Waals surface area contributed by atoms with Crippen LogP contribution in [-0.4, -0.2) is 14.2 Å². The van der Waals surface area contributed by atoms with Crippen molar-refractivity contribution in [2.45, 2.75) is 55.4 Å². The van der Waals surface area contributed by atoms with Crippen molar-refractivity contribution in [2.24, 2.45) is 0 Å². The summed E-state index contributed by atoms with van der Waals surface area (Å²) in [7, 11) is 1.50. The van der Waals surface area contributed by atoms with E-state index < -0.39 is 0 Å². The summed E-state index contributed by atoms with van der Waals surface area (Å²) in [6, 6.07) is 0. The Labute approximate surface area is 154 Å². The summed E-state index contributed by atoms with van der Waals surface area (Å²) in [5.74, 6) is 0. The van der Waals surface area contributed by atoms with Gasteiger partial charge in [0.05, 0.1) is 0 Å². The summed E-state index contributed by atoms with van der Waals surface area (Å²) in [5, 5.41) is 23.5. The molecule has 0 bridgehead atoms. The summed E-state index contributed by atoms with van der Waals surface area (Å²) in [6.07, 6.45) is 0. The Kier molecular flexibility index (Phi) is 10.5. The third kappa shape index (κ3) is 4.71. The monoisotopic (exact) mass is 430 g/mol. The van der Waals surface area contributed by atoms with Gasteiger partial charge in [0.25, 0.3) is 0 Å². The molecule has 2 aromatic heterocycles. The van der Waals surface area contributed by atoms with Gasteiger partial charge in [-0.1, -0.05) is 0 Å². The third-order valence-electron chi connectivity index (χ3n) is 4.84. The molecule has 0 radical (unpaired) electrons. The molecule has 0 unspecified atom stereocenters. The molecular weight excluding hydrogens is 401 g/mol. The zero-order valence-corrected chi connectivity index (χ0v) is 20.5. The van der Waals surface area contributed by atoms with Crippen molar-refractivity contribution in [3.8, 4) is 0 Å². The molecule has 23 heavy (non-hydrogen) atoms. The van der Waals surface area contributed by atoms with Crippen LogP contribution < -0.4 is 10.2 Å². The van der Waals surface area contributed by atoms with Gasteiger partial charge in [0, 0.05) is 0 Å². The number of rotatable bonds is 2. The fourth-order valence-corrected chi connectivity index (χ4v) is 31.5. The molecule has 0 aliphatic carbocycles. The molecule has 0 amide bonds. The average Bonchev–Trinajstić information content (AvgIpc) is 2.88. The second kappa shape index (κ2) is 10.4. The van der Waals surface area contributed by atoms with E-state index >= 15 is 0 Å². The zero-order chi connectivity index (χ0) is 18.5. The van der Waals surface area contributed by atoms with Gasteiger partial charge in [-0.05, 0) is 0 Å². The molecule has 0 aliphatic rings. The van der Waals surface area contributed by atoms with E-state index in [1.807, 2.05) is 0 Å². The van der Waals surface area contributed by atoms with E-state index in [1.165, 1.54) is 0 Å². The van der Waals surface area contributed by atoms with Crippen LogP contribution in [0, 0.1) is 55.4 Å². The maximum absolute atomic E-state index is 8.25. The summed E-state index contributed by atoms with van der Waals surface area (Å²) < 4.78 is 0. The van der Waals surface area contributed by atoms with Crippen LogP contribution in [0.5, 0.6) is 0 Å². The van der Waals surface area contributed by atoms with Gasteiger partial charge in [-0.2, -0.15) is 14.2 Å². The van der Waals surface area contributed by atoms with Gasteiger partial charge in [-0.15, -0.1) is 0 Å². The quantitative estimate of drug-likeness (QED) is 0.708. The average molecular weight is 432 g/mol. The van der Waals surface area contributed by atoms with Crippen molar-refractivity contribution in [3.63, 3.8) is 0 Å². The van der Waals surface area contributed by atoms with E-state index in [9.17, 15) is 0 Å². The Morgan fingerprint density at radius 2 is 0.652 bits per heavy atom. The number of hydrogen-bond donors (Lipinski definition) is 0. The van der Waals surface area contributed by atoms with Gasteiger partial charge >= 0.3 is 131 Å². The molecule has 0 spiro atoms. The fraction of sp³-hybridized carbons (Fsp3) is 0.556. The van der Waals surface area contributed by atoms with Crippen molar-refractivity contribution in [3.05, 3.63) is 43.4 Å². The Hall–Kier alpha value is 0.363. The van der Waals surface area contributed by atoms with Crippen molar-refractivity contribution >= 4 is 9.65 Å². The first-order valence-electron chi connectivity index (χ1n) is 7.66. The minimum atomic E-state index is -0.379. The maximum atomic E-state index is 8.25. The van der Waals surface area contributed by atoms with E-state index in [0.29, 0.717) is 0 Å². The summed E-state index contributed by atoms with van der Waals surface area (Å²) in [4.78, 5) is 0.282. The van der Waals surface area contributed by atoms with E-state index in [4.69, 9.17) is 10.2 Å². The predicted octanol–water partition coefficient (Wildman–Crippen LogP) is 4.39. The molecule has 0 aliphatic heterocycles. The first-order chi connectivity index (χ1) is 10.8. The Balaban J connectivity index is 0.00000112. The molecule has 5 heteroatoms. The summed E-state index contributed by atoms with van der Waals surface area (Å²) in [6.45, 7) is 19.0. The third-order valence-corrected chi connectivity index (χ3v) is 29.2. The van der Waals surface area contributed by atoms with Gasteiger partial charge < -0.3 is 10.2 Å².